The lowest BCUT2D eigenvalue weighted by molar-refractivity contribution is 0.0720. The van der Waals surface area contributed by atoms with Crippen LogP contribution in [0.25, 0.3) is 0 Å². The third-order valence-electron chi connectivity index (χ3n) is 5.14. The number of nitrogens with zero attached hydrogens (tertiary/aromatic N) is 3. The molecule has 158 valence electrons. The number of rotatable bonds is 6. The van der Waals surface area contributed by atoms with Crippen LogP contribution in [0.15, 0.2) is 58.7 Å². The van der Waals surface area contributed by atoms with Crippen molar-refractivity contribution in [2.45, 2.75) is 48.5 Å². The molecule has 8 nitrogen and oxygen atoms in total. The Morgan fingerprint density at radius 3 is 2.63 bits per heavy atom. The molecule has 1 aromatic heterocycles. The Morgan fingerprint density at radius 1 is 1.23 bits per heavy atom. The fourth-order valence-electron chi connectivity index (χ4n) is 3.48. The van der Waals surface area contributed by atoms with Gasteiger partial charge in [0.15, 0.2) is 16.0 Å². The molecule has 2 aromatic rings. The Hall–Kier alpha value is -2.96. The molecule has 0 spiro atoms. The maximum absolute atomic E-state index is 13.0. The zero-order valence-corrected chi connectivity index (χ0v) is 17.6. The highest BCUT2D eigenvalue weighted by molar-refractivity contribution is 7.92. The molecule has 1 saturated carbocycles. The zero-order chi connectivity index (χ0) is 21.4. The quantitative estimate of drug-likeness (QED) is 0.315. The summed E-state index contributed by atoms with van der Waals surface area (Å²) >= 11 is 0. The predicted molar refractivity (Wildman–Crippen MR) is 114 cm³/mol. The molecule has 9 heteroatoms. The van der Waals surface area contributed by atoms with E-state index >= 15 is 0 Å². The highest BCUT2D eigenvalue weighted by Crippen LogP contribution is 2.30. The number of benzene rings is 1. The second-order valence-electron chi connectivity index (χ2n) is 7.10. The van der Waals surface area contributed by atoms with Gasteiger partial charge in [0.05, 0.1) is 22.8 Å². The van der Waals surface area contributed by atoms with Gasteiger partial charge in [0.25, 0.3) is 0 Å². The average molecular weight is 428 g/mol. The summed E-state index contributed by atoms with van der Waals surface area (Å²) in [4.78, 5) is 8.63. The van der Waals surface area contributed by atoms with Gasteiger partial charge in [-0.15, -0.1) is 0 Å². The van der Waals surface area contributed by atoms with Gasteiger partial charge in [0.1, 0.15) is 0 Å². The minimum atomic E-state index is -3.39. The topological polar surface area (TPSA) is 116 Å². The lowest BCUT2D eigenvalue weighted by Crippen LogP contribution is -2.31. The third kappa shape index (κ3) is 5.55. The Bertz CT molecular complexity index is 1000. The molecule has 2 atom stereocenters. The summed E-state index contributed by atoms with van der Waals surface area (Å²) < 4.78 is 31.3. The molecule has 1 aliphatic rings. The normalized spacial score (nSPS) is 19.7. The molecule has 30 heavy (non-hydrogen) atoms. The summed E-state index contributed by atoms with van der Waals surface area (Å²) in [7, 11) is -1.76. The highest BCUT2D eigenvalue weighted by atomic mass is 32.2. The maximum atomic E-state index is 13.0. The molecular weight excluding hydrogens is 402 g/mol. The summed E-state index contributed by atoms with van der Waals surface area (Å²) in [5, 5.41) is 14.0. The van der Waals surface area contributed by atoms with Crippen LogP contribution in [-0.4, -0.2) is 37.8 Å². The van der Waals surface area contributed by atoms with Crippen molar-refractivity contribution in [1.82, 2.24) is 10.3 Å². The van der Waals surface area contributed by atoms with E-state index in [2.05, 4.69) is 20.6 Å². The number of sulfone groups is 1. The highest BCUT2D eigenvalue weighted by Gasteiger charge is 2.32. The third-order valence-corrected chi connectivity index (χ3v) is 7.37. The first-order valence-electron chi connectivity index (χ1n) is 9.75. The minimum Gasteiger partial charge on any atom is -0.381 e. The van der Waals surface area contributed by atoms with Crippen molar-refractivity contribution in [2.24, 2.45) is 4.99 Å². The standard InChI is InChI=1S/C21H25N5O3S/c1-29-18-3-2-4-20(13-18)30(27,28)19-7-5-16(6-8-19)14-24-21(25-15-22)26-17-9-11-23-12-10-17/h5-12,18,20H,2-4,13-14H2,1H3,(H2,23,24,25,26). The van der Waals surface area contributed by atoms with Crippen LogP contribution in [0.1, 0.15) is 31.2 Å². The fraction of sp³-hybridized carbons (Fsp3) is 0.381. The summed E-state index contributed by atoms with van der Waals surface area (Å²) in [6, 6.07) is 10.3. The second kappa shape index (κ2) is 10.2. The van der Waals surface area contributed by atoms with Crippen LogP contribution in [0.2, 0.25) is 0 Å². The van der Waals surface area contributed by atoms with E-state index in [1.54, 1.807) is 55.9 Å². The Labute approximate surface area is 176 Å². The molecule has 0 amide bonds. The number of nitrogens with one attached hydrogen (secondary N) is 2. The number of guanidine groups is 1. The molecule has 0 radical (unpaired) electrons. The van der Waals surface area contributed by atoms with Gasteiger partial charge in [-0.05, 0) is 55.5 Å². The van der Waals surface area contributed by atoms with Crippen molar-refractivity contribution in [3.05, 3.63) is 54.4 Å². The molecule has 0 saturated heterocycles. The number of aromatic nitrogens is 1. The molecule has 1 aromatic carbocycles. The molecular formula is C21H25N5O3S. The van der Waals surface area contributed by atoms with E-state index in [1.807, 2.05) is 6.19 Å². The van der Waals surface area contributed by atoms with E-state index < -0.39 is 15.1 Å². The first-order chi connectivity index (χ1) is 14.5. The van der Waals surface area contributed by atoms with E-state index in [-0.39, 0.29) is 12.6 Å². The number of hydrogen-bond donors (Lipinski definition) is 2. The molecule has 1 aliphatic carbocycles. The number of pyridine rings is 1. The number of anilines is 1. The van der Waals surface area contributed by atoms with Crippen molar-refractivity contribution >= 4 is 21.5 Å². The second-order valence-corrected chi connectivity index (χ2v) is 9.33. The van der Waals surface area contributed by atoms with Gasteiger partial charge in [-0.1, -0.05) is 12.1 Å². The van der Waals surface area contributed by atoms with Gasteiger partial charge in [-0.2, -0.15) is 5.26 Å². The Morgan fingerprint density at radius 2 is 1.97 bits per heavy atom. The van der Waals surface area contributed by atoms with Gasteiger partial charge in [-0.25, -0.2) is 13.4 Å². The minimum absolute atomic E-state index is 0.00564. The SMILES string of the molecule is COC1CCCC(S(=O)(=O)c2ccc(CN=C(NC#N)Nc3ccncc3)cc2)C1. The van der Waals surface area contributed by atoms with E-state index in [1.165, 1.54) is 0 Å². The van der Waals surface area contributed by atoms with Gasteiger partial charge < -0.3 is 10.1 Å². The van der Waals surface area contributed by atoms with E-state index in [9.17, 15) is 8.42 Å². The van der Waals surface area contributed by atoms with Gasteiger partial charge >= 0.3 is 0 Å². The van der Waals surface area contributed by atoms with Crippen LogP contribution >= 0.6 is 0 Å². The summed E-state index contributed by atoms with van der Waals surface area (Å²) in [6.07, 6.45) is 8.08. The van der Waals surface area contributed by atoms with Gasteiger partial charge in [-0.3, -0.25) is 10.3 Å². The summed E-state index contributed by atoms with van der Waals surface area (Å²) in [5.74, 6) is 0.299. The first kappa shape index (κ1) is 21.7. The Balaban J connectivity index is 1.68. The number of nitriles is 1. The molecule has 0 bridgehead atoms. The molecule has 0 aliphatic heterocycles. The van der Waals surface area contributed by atoms with Crippen molar-refractivity contribution < 1.29 is 13.2 Å². The van der Waals surface area contributed by atoms with Crippen LogP contribution in [0.4, 0.5) is 5.69 Å². The Kier molecular flexibility index (Phi) is 7.38. The van der Waals surface area contributed by atoms with E-state index in [0.29, 0.717) is 23.7 Å². The van der Waals surface area contributed by atoms with Crippen molar-refractivity contribution in [2.75, 3.05) is 12.4 Å². The lowest BCUT2D eigenvalue weighted by Gasteiger charge is -2.28. The van der Waals surface area contributed by atoms with Crippen molar-refractivity contribution in [1.29, 1.82) is 5.26 Å². The molecule has 2 unspecified atom stereocenters. The average Bonchev–Trinajstić information content (AvgIpc) is 2.78. The molecule has 2 N–H and O–H groups in total. The lowest BCUT2D eigenvalue weighted by atomic mass is 9.97. The first-order valence-corrected chi connectivity index (χ1v) is 11.3. The van der Waals surface area contributed by atoms with Crippen LogP contribution in [0, 0.1) is 11.5 Å². The van der Waals surface area contributed by atoms with Crippen LogP contribution < -0.4 is 10.6 Å². The monoisotopic (exact) mass is 427 g/mol. The fourth-order valence-corrected chi connectivity index (χ4v) is 5.33. The van der Waals surface area contributed by atoms with E-state index in [0.717, 1.165) is 24.1 Å². The van der Waals surface area contributed by atoms with Gasteiger partial charge in [0.2, 0.25) is 5.96 Å². The predicted octanol–water partition coefficient (Wildman–Crippen LogP) is 2.85. The molecule has 1 fully saturated rings. The van der Waals surface area contributed by atoms with Gasteiger partial charge in [0, 0.05) is 25.2 Å². The zero-order valence-electron chi connectivity index (χ0n) is 16.8. The molecule has 1 heterocycles. The summed E-state index contributed by atoms with van der Waals surface area (Å²) in [6.45, 7) is 0.289. The maximum Gasteiger partial charge on any atom is 0.209 e. The number of aliphatic imine (C=N–C) groups is 1. The van der Waals surface area contributed by atoms with Crippen molar-refractivity contribution in [3.63, 3.8) is 0 Å². The number of hydrogen-bond acceptors (Lipinski definition) is 6. The van der Waals surface area contributed by atoms with Crippen molar-refractivity contribution in [3.8, 4) is 6.19 Å². The van der Waals surface area contributed by atoms with Crippen LogP contribution in [0.3, 0.4) is 0 Å². The molecule has 3 rings (SSSR count). The smallest absolute Gasteiger partial charge is 0.209 e. The summed E-state index contributed by atoms with van der Waals surface area (Å²) in [5.41, 5.74) is 1.58. The number of methoxy groups -OCH3 is 1. The largest absolute Gasteiger partial charge is 0.381 e. The van der Waals surface area contributed by atoms with Crippen LogP contribution in [-0.2, 0) is 21.1 Å². The van der Waals surface area contributed by atoms with Crippen LogP contribution in [0.5, 0.6) is 0 Å². The number of ether oxygens (including phenoxy) is 1. The van der Waals surface area contributed by atoms with E-state index in [4.69, 9.17) is 10.00 Å².